The predicted molar refractivity (Wildman–Crippen MR) is 75.0 cm³/mol. The smallest absolute Gasteiger partial charge is 0.145 e. The monoisotopic (exact) mass is 269 g/mol. The minimum atomic E-state index is 0.427. The molecule has 0 heterocycles. The summed E-state index contributed by atoms with van der Waals surface area (Å²) >= 11 is 6.14. The van der Waals surface area contributed by atoms with Crippen LogP contribution in [0.1, 0.15) is 26.2 Å². The molecule has 0 aromatic heterocycles. The number of benzene rings is 1. The zero-order valence-electron chi connectivity index (χ0n) is 11.1. The Kier molecular flexibility index (Phi) is 4.23. The van der Waals surface area contributed by atoms with E-state index in [4.69, 9.17) is 21.1 Å². The third-order valence-electron chi connectivity index (χ3n) is 3.26. The van der Waals surface area contributed by atoms with E-state index in [-0.39, 0.29) is 0 Å². The largest absolute Gasteiger partial charge is 0.495 e. The summed E-state index contributed by atoms with van der Waals surface area (Å²) in [4.78, 5) is 0. The van der Waals surface area contributed by atoms with Gasteiger partial charge in [-0.25, -0.2) is 0 Å². The molecule has 0 saturated heterocycles. The van der Waals surface area contributed by atoms with Crippen molar-refractivity contribution < 1.29 is 9.47 Å². The van der Waals surface area contributed by atoms with E-state index in [1.54, 1.807) is 14.2 Å². The number of ether oxygens (including phenoxy) is 2. The van der Waals surface area contributed by atoms with Crippen LogP contribution in [0.5, 0.6) is 11.5 Å². The van der Waals surface area contributed by atoms with Gasteiger partial charge in [-0.15, -0.1) is 0 Å². The van der Waals surface area contributed by atoms with Crippen LogP contribution in [-0.2, 0) is 0 Å². The molecule has 1 aliphatic rings. The van der Waals surface area contributed by atoms with E-state index < -0.39 is 0 Å². The quantitative estimate of drug-likeness (QED) is 0.848. The highest BCUT2D eigenvalue weighted by atomic mass is 35.5. The predicted octanol–water partition coefficient (Wildman–Crippen LogP) is 3.96. The molecule has 1 saturated carbocycles. The van der Waals surface area contributed by atoms with Crippen LogP contribution in [0.3, 0.4) is 0 Å². The van der Waals surface area contributed by atoms with Gasteiger partial charge in [0.05, 0.1) is 24.9 Å². The van der Waals surface area contributed by atoms with Gasteiger partial charge < -0.3 is 14.8 Å². The minimum absolute atomic E-state index is 0.427. The van der Waals surface area contributed by atoms with Crippen LogP contribution >= 0.6 is 11.6 Å². The number of rotatable bonds is 6. The van der Waals surface area contributed by atoms with E-state index in [2.05, 4.69) is 12.2 Å². The van der Waals surface area contributed by atoms with Crippen LogP contribution in [0.25, 0.3) is 0 Å². The molecule has 3 nitrogen and oxygen atoms in total. The van der Waals surface area contributed by atoms with Crippen molar-refractivity contribution in [2.24, 2.45) is 5.92 Å². The fraction of sp³-hybridized carbons (Fsp3) is 0.571. The summed E-state index contributed by atoms with van der Waals surface area (Å²) in [5, 5.41) is 4.06. The second-order valence-electron chi connectivity index (χ2n) is 4.91. The molecule has 100 valence electrons. The van der Waals surface area contributed by atoms with Crippen molar-refractivity contribution in [2.45, 2.75) is 32.2 Å². The van der Waals surface area contributed by atoms with Crippen LogP contribution in [0.4, 0.5) is 5.69 Å². The fourth-order valence-electron chi connectivity index (χ4n) is 2.15. The summed E-state index contributed by atoms with van der Waals surface area (Å²) in [6.45, 7) is 2.19. The van der Waals surface area contributed by atoms with Crippen molar-refractivity contribution in [3.8, 4) is 11.5 Å². The molecule has 1 aromatic rings. The third kappa shape index (κ3) is 3.22. The standard InChI is InChI=1S/C14H20ClNO2/c1-9(6-10-4-5-10)16-12-7-11(15)13(17-2)8-14(12)18-3/h7-10,16H,4-6H2,1-3H3. The van der Waals surface area contributed by atoms with Crippen LogP contribution in [-0.4, -0.2) is 20.3 Å². The molecule has 0 bridgehead atoms. The molecule has 0 aliphatic heterocycles. The van der Waals surface area contributed by atoms with Crippen LogP contribution in [0.15, 0.2) is 12.1 Å². The first-order chi connectivity index (χ1) is 8.63. The Hall–Kier alpha value is -1.09. The number of methoxy groups -OCH3 is 2. The summed E-state index contributed by atoms with van der Waals surface area (Å²) < 4.78 is 10.5. The molecular weight excluding hydrogens is 250 g/mol. The maximum atomic E-state index is 6.14. The zero-order valence-corrected chi connectivity index (χ0v) is 11.9. The molecule has 1 N–H and O–H groups in total. The summed E-state index contributed by atoms with van der Waals surface area (Å²) in [5.41, 5.74) is 0.927. The summed E-state index contributed by atoms with van der Waals surface area (Å²) in [6.07, 6.45) is 3.94. The SMILES string of the molecule is COc1cc(OC)c(NC(C)CC2CC2)cc1Cl. The van der Waals surface area contributed by atoms with E-state index in [1.165, 1.54) is 19.3 Å². The topological polar surface area (TPSA) is 30.5 Å². The third-order valence-corrected chi connectivity index (χ3v) is 3.56. The van der Waals surface area contributed by atoms with E-state index in [1.807, 2.05) is 12.1 Å². The van der Waals surface area contributed by atoms with Gasteiger partial charge in [0.15, 0.2) is 0 Å². The van der Waals surface area contributed by atoms with Crippen molar-refractivity contribution in [2.75, 3.05) is 19.5 Å². The van der Waals surface area contributed by atoms with Crippen molar-refractivity contribution in [1.29, 1.82) is 0 Å². The van der Waals surface area contributed by atoms with E-state index in [0.29, 0.717) is 16.8 Å². The average molecular weight is 270 g/mol. The second-order valence-corrected chi connectivity index (χ2v) is 5.32. The molecule has 2 rings (SSSR count). The van der Waals surface area contributed by atoms with E-state index in [9.17, 15) is 0 Å². The lowest BCUT2D eigenvalue weighted by molar-refractivity contribution is 0.395. The lowest BCUT2D eigenvalue weighted by Gasteiger charge is -2.18. The first-order valence-corrected chi connectivity index (χ1v) is 6.70. The zero-order chi connectivity index (χ0) is 13.1. The number of nitrogens with one attached hydrogen (secondary N) is 1. The summed E-state index contributed by atoms with van der Waals surface area (Å²) in [5.74, 6) is 2.29. The van der Waals surface area contributed by atoms with Gasteiger partial charge in [-0.1, -0.05) is 24.4 Å². The molecular formula is C14H20ClNO2. The van der Waals surface area contributed by atoms with Crippen molar-refractivity contribution in [1.82, 2.24) is 0 Å². The highest BCUT2D eigenvalue weighted by molar-refractivity contribution is 6.32. The Balaban J connectivity index is 2.11. The van der Waals surface area contributed by atoms with E-state index >= 15 is 0 Å². The van der Waals surface area contributed by atoms with Gasteiger partial charge in [0.25, 0.3) is 0 Å². The molecule has 1 unspecified atom stereocenters. The first-order valence-electron chi connectivity index (χ1n) is 6.32. The van der Waals surface area contributed by atoms with Crippen molar-refractivity contribution >= 4 is 17.3 Å². The Morgan fingerprint density at radius 1 is 1.28 bits per heavy atom. The van der Waals surface area contributed by atoms with Gasteiger partial charge in [-0.2, -0.15) is 0 Å². The summed E-state index contributed by atoms with van der Waals surface area (Å²) in [6, 6.07) is 4.10. The number of hydrogen-bond donors (Lipinski definition) is 1. The lowest BCUT2D eigenvalue weighted by atomic mass is 10.1. The Morgan fingerprint density at radius 2 is 1.94 bits per heavy atom. The van der Waals surface area contributed by atoms with Crippen LogP contribution in [0.2, 0.25) is 5.02 Å². The Labute approximate surface area is 113 Å². The number of hydrogen-bond acceptors (Lipinski definition) is 3. The molecule has 18 heavy (non-hydrogen) atoms. The molecule has 0 radical (unpaired) electrons. The number of halogens is 1. The highest BCUT2D eigenvalue weighted by Gasteiger charge is 2.24. The molecule has 0 spiro atoms. The Bertz CT molecular complexity index is 419. The number of anilines is 1. The molecule has 0 amide bonds. The van der Waals surface area contributed by atoms with Crippen LogP contribution in [0, 0.1) is 5.92 Å². The van der Waals surface area contributed by atoms with Gasteiger partial charge in [-0.3, -0.25) is 0 Å². The van der Waals surface area contributed by atoms with E-state index in [0.717, 1.165) is 17.4 Å². The highest BCUT2D eigenvalue weighted by Crippen LogP contribution is 2.38. The first kappa shape index (κ1) is 13.3. The molecule has 4 heteroatoms. The maximum Gasteiger partial charge on any atom is 0.145 e. The minimum Gasteiger partial charge on any atom is -0.495 e. The molecule has 1 aliphatic carbocycles. The van der Waals surface area contributed by atoms with Crippen molar-refractivity contribution in [3.05, 3.63) is 17.2 Å². The Morgan fingerprint density at radius 3 is 2.50 bits per heavy atom. The van der Waals surface area contributed by atoms with Gasteiger partial charge in [0, 0.05) is 12.1 Å². The molecule has 1 aromatic carbocycles. The van der Waals surface area contributed by atoms with Gasteiger partial charge >= 0.3 is 0 Å². The van der Waals surface area contributed by atoms with Gasteiger partial charge in [0.1, 0.15) is 11.5 Å². The van der Waals surface area contributed by atoms with Gasteiger partial charge in [-0.05, 0) is 25.3 Å². The fourth-order valence-corrected chi connectivity index (χ4v) is 2.39. The lowest BCUT2D eigenvalue weighted by Crippen LogP contribution is -2.16. The molecule has 1 atom stereocenters. The van der Waals surface area contributed by atoms with Crippen LogP contribution < -0.4 is 14.8 Å². The second kappa shape index (κ2) is 5.70. The van der Waals surface area contributed by atoms with Gasteiger partial charge in [0.2, 0.25) is 0 Å². The molecule has 1 fully saturated rings. The maximum absolute atomic E-state index is 6.14. The average Bonchev–Trinajstić information content (AvgIpc) is 3.13. The van der Waals surface area contributed by atoms with Crippen molar-refractivity contribution in [3.63, 3.8) is 0 Å². The summed E-state index contributed by atoms with van der Waals surface area (Å²) in [7, 11) is 3.25. The normalized spacial score (nSPS) is 16.2.